The van der Waals surface area contributed by atoms with E-state index >= 15 is 0 Å². The monoisotopic (exact) mass is 345 g/mol. The van der Waals surface area contributed by atoms with Gasteiger partial charge in [0.15, 0.2) is 0 Å². The lowest BCUT2D eigenvalue weighted by Crippen LogP contribution is -2.45. The van der Waals surface area contributed by atoms with Crippen molar-refractivity contribution in [1.82, 2.24) is 15.5 Å². The second-order valence-electron chi connectivity index (χ2n) is 6.13. The van der Waals surface area contributed by atoms with Crippen molar-refractivity contribution >= 4 is 5.91 Å². The Balaban J connectivity index is 1.85. The van der Waals surface area contributed by atoms with E-state index in [1.807, 2.05) is 18.2 Å². The molecule has 0 bridgehead atoms. The van der Waals surface area contributed by atoms with Gasteiger partial charge >= 0.3 is 0 Å². The number of benzene rings is 2. The molecule has 2 aromatic rings. The molecule has 1 amide bonds. The molecule has 2 aromatic carbocycles. The summed E-state index contributed by atoms with van der Waals surface area (Å²) in [5.74, 6) is -1.24. The van der Waals surface area contributed by atoms with E-state index in [0.29, 0.717) is 24.2 Å². The van der Waals surface area contributed by atoms with Crippen LogP contribution in [0.25, 0.3) is 0 Å². The summed E-state index contributed by atoms with van der Waals surface area (Å²) in [5, 5.41) is 5.96. The molecule has 1 aliphatic rings. The topological polar surface area (TPSA) is 44.4 Å². The van der Waals surface area contributed by atoms with Gasteiger partial charge in [0.2, 0.25) is 0 Å². The maximum Gasteiger partial charge on any atom is 0.251 e. The molecule has 3 rings (SSSR count). The Labute approximate surface area is 145 Å². The van der Waals surface area contributed by atoms with Crippen molar-refractivity contribution in [1.29, 1.82) is 0 Å². The van der Waals surface area contributed by atoms with Gasteiger partial charge in [-0.3, -0.25) is 9.69 Å². The summed E-state index contributed by atoms with van der Waals surface area (Å²) in [6.45, 7) is 2.64. The van der Waals surface area contributed by atoms with Gasteiger partial charge in [0, 0.05) is 56.5 Å². The molecule has 6 heteroatoms. The molecule has 1 atom stereocenters. The van der Waals surface area contributed by atoms with Crippen LogP contribution >= 0.6 is 0 Å². The highest BCUT2D eigenvalue weighted by atomic mass is 19.1. The Bertz CT molecular complexity index is 766. The quantitative estimate of drug-likeness (QED) is 0.895. The van der Waals surface area contributed by atoms with E-state index in [9.17, 15) is 13.6 Å². The van der Waals surface area contributed by atoms with E-state index in [1.54, 1.807) is 13.1 Å². The molecule has 4 nitrogen and oxygen atoms in total. The number of amides is 1. The van der Waals surface area contributed by atoms with Crippen LogP contribution in [0.1, 0.15) is 27.5 Å². The second kappa shape index (κ2) is 7.72. The zero-order valence-corrected chi connectivity index (χ0v) is 14.1. The fraction of sp³-hybridized carbons (Fsp3) is 0.316. The largest absolute Gasteiger partial charge is 0.355 e. The summed E-state index contributed by atoms with van der Waals surface area (Å²) in [6.07, 6.45) is 0. The Hall–Kier alpha value is -2.31. The van der Waals surface area contributed by atoms with Crippen LogP contribution in [-0.4, -0.2) is 37.5 Å². The minimum Gasteiger partial charge on any atom is -0.355 e. The Morgan fingerprint density at radius 3 is 2.88 bits per heavy atom. The smallest absolute Gasteiger partial charge is 0.251 e. The Morgan fingerprint density at radius 2 is 2.12 bits per heavy atom. The van der Waals surface area contributed by atoms with E-state index in [2.05, 4.69) is 15.5 Å². The number of halogens is 2. The molecule has 1 heterocycles. The van der Waals surface area contributed by atoms with E-state index in [1.165, 1.54) is 12.1 Å². The first-order valence-electron chi connectivity index (χ1n) is 8.29. The molecule has 25 heavy (non-hydrogen) atoms. The van der Waals surface area contributed by atoms with Crippen LogP contribution in [0.2, 0.25) is 0 Å². The predicted octanol–water partition coefficient (Wildman–Crippen LogP) is 2.47. The van der Waals surface area contributed by atoms with Gasteiger partial charge in [-0.2, -0.15) is 0 Å². The maximum atomic E-state index is 14.0. The van der Waals surface area contributed by atoms with Gasteiger partial charge in [0.1, 0.15) is 11.6 Å². The summed E-state index contributed by atoms with van der Waals surface area (Å²) < 4.78 is 27.1. The van der Waals surface area contributed by atoms with Crippen LogP contribution in [0.3, 0.4) is 0 Å². The normalized spacial score (nSPS) is 18.1. The van der Waals surface area contributed by atoms with E-state index in [-0.39, 0.29) is 11.9 Å². The number of piperazine rings is 1. The number of nitrogens with one attached hydrogen (secondary N) is 2. The van der Waals surface area contributed by atoms with Crippen LogP contribution in [0.5, 0.6) is 0 Å². The summed E-state index contributed by atoms with van der Waals surface area (Å²) in [6, 6.07) is 11.2. The summed E-state index contributed by atoms with van der Waals surface area (Å²) in [5.41, 5.74) is 2.06. The third-order valence-corrected chi connectivity index (χ3v) is 4.50. The van der Waals surface area contributed by atoms with Crippen LogP contribution in [0.4, 0.5) is 8.78 Å². The van der Waals surface area contributed by atoms with Crippen molar-refractivity contribution in [3.63, 3.8) is 0 Å². The molecule has 2 N–H and O–H groups in total. The maximum absolute atomic E-state index is 14.0. The predicted molar refractivity (Wildman–Crippen MR) is 92.2 cm³/mol. The van der Waals surface area contributed by atoms with Crippen LogP contribution in [-0.2, 0) is 6.54 Å². The lowest BCUT2D eigenvalue weighted by atomic mass is 9.99. The fourth-order valence-electron chi connectivity index (χ4n) is 3.16. The van der Waals surface area contributed by atoms with Crippen molar-refractivity contribution in [2.75, 3.05) is 26.7 Å². The van der Waals surface area contributed by atoms with Gasteiger partial charge in [-0.1, -0.05) is 18.2 Å². The molecule has 1 saturated heterocycles. The number of carbonyl (C=O) groups excluding carboxylic acids is 1. The highest BCUT2D eigenvalue weighted by Gasteiger charge is 2.25. The first-order chi connectivity index (χ1) is 12.1. The lowest BCUT2D eigenvalue weighted by Gasteiger charge is -2.36. The minimum atomic E-state index is -0.573. The van der Waals surface area contributed by atoms with E-state index in [4.69, 9.17) is 0 Å². The van der Waals surface area contributed by atoms with Gasteiger partial charge in [-0.05, 0) is 23.8 Å². The van der Waals surface area contributed by atoms with Gasteiger partial charge < -0.3 is 10.6 Å². The lowest BCUT2D eigenvalue weighted by molar-refractivity contribution is 0.0962. The van der Waals surface area contributed by atoms with E-state index < -0.39 is 11.6 Å². The van der Waals surface area contributed by atoms with Gasteiger partial charge in [-0.15, -0.1) is 0 Å². The molecule has 1 aliphatic heterocycles. The molecule has 1 fully saturated rings. The summed E-state index contributed by atoms with van der Waals surface area (Å²) in [4.78, 5) is 14.0. The van der Waals surface area contributed by atoms with E-state index in [0.717, 1.165) is 24.7 Å². The zero-order chi connectivity index (χ0) is 17.8. The molecule has 0 unspecified atom stereocenters. The molecule has 0 aliphatic carbocycles. The van der Waals surface area contributed by atoms with Crippen molar-refractivity contribution in [3.8, 4) is 0 Å². The zero-order valence-electron chi connectivity index (χ0n) is 14.1. The molecular weight excluding hydrogens is 324 g/mol. The molecule has 0 saturated carbocycles. The summed E-state index contributed by atoms with van der Waals surface area (Å²) >= 11 is 0. The number of hydrogen-bond donors (Lipinski definition) is 2. The number of rotatable bonds is 4. The number of carbonyl (C=O) groups is 1. The molecule has 0 spiro atoms. The SMILES string of the molecule is CNC(=O)c1cccc([C@H]2CNCCN2Cc2ccc(F)cc2F)c1. The standard InChI is InChI=1S/C19H21F2N3O/c1-22-19(25)14-4-2-3-13(9-14)18-11-23-7-8-24(18)12-15-5-6-16(20)10-17(15)21/h2-6,9-10,18,23H,7-8,11-12H2,1H3,(H,22,25)/t18-/m1/s1. The average molecular weight is 345 g/mol. The van der Waals surface area contributed by atoms with Crippen molar-refractivity contribution < 1.29 is 13.6 Å². The molecule has 0 aromatic heterocycles. The fourth-order valence-corrected chi connectivity index (χ4v) is 3.16. The molecule has 132 valence electrons. The Morgan fingerprint density at radius 1 is 1.28 bits per heavy atom. The first-order valence-corrected chi connectivity index (χ1v) is 8.29. The third-order valence-electron chi connectivity index (χ3n) is 4.50. The average Bonchev–Trinajstić information content (AvgIpc) is 2.64. The highest BCUT2D eigenvalue weighted by Crippen LogP contribution is 2.26. The first kappa shape index (κ1) is 17.5. The van der Waals surface area contributed by atoms with Crippen molar-refractivity contribution in [2.45, 2.75) is 12.6 Å². The highest BCUT2D eigenvalue weighted by molar-refractivity contribution is 5.94. The Kier molecular flexibility index (Phi) is 5.40. The molecule has 0 radical (unpaired) electrons. The van der Waals surface area contributed by atoms with Gasteiger partial charge in [-0.25, -0.2) is 8.78 Å². The minimum absolute atomic E-state index is 0.0165. The number of nitrogens with zero attached hydrogens (tertiary/aromatic N) is 1. The van der Waals surface area contributed by atoms with Gasteiger partial charge in [0.25, 0.3) is 5.91 Å². The van der Waals surface area contributed by atoms with Crippen molar-refractivity contribution in [3.05, 3.63) is 70.8 Å². The van der Waals surface area contributed by atoms with Crippen LogP contribution < -0.4 is 10.6 Å². The summed E-state index contributed by atoms with van der Waals surface area (Å²) in [7, 11) is 1.60. The number of hydrogen-bond acceptors (Lipinski definition) is 3. The van der Waals surface area contributed by atoms with Crippen molar-refractivity contribution in [2.24, 2.45) is 0 Å². The van der Waals surface area contributed by atoms with Crippen LogP contribution in [0, 0.1) is 11.6 Å². The van der Waals surface area contributed by atoms with Crippen LogP contribution in [0.15, 0.2) is 42.5 Å². The second-order valence-corrected chi connectivity index (χ2v) is 6.13. The molecular formula is C19H21F2N3O. The third kappa shape index (κ3) is 4.03. The van der Waals surface area contributed by atoms with Gasteiger partial charge in [0.05, 0.1) is 0 Å².